The fourth-order valence-corrected chi connectivity index (χ4v) is 2.46. The molecule has 0 aliphatic carbocycles. The number of amides is 1. The predicted octanol–water partition coefficient (Wildman–Crippen LogP) is 3.71. The maximum atomic E-state index is 11.9. The van der Waals surface area contributed by atoms with Crippen LogP contribution in [0, 0.1) is 0 Å². The molecule has 7 nitrogen and oxygen atoms in total. The maximum Gasteiger partial charge on any atom is 0.412 e. The number of nitrogens with one attached hydrogen (secondary N) is 1. The Morgan fingerprint density at radius 3 is 2.67 bits per heavy atom. The molecule has 2 rings (SSSR count). The number of anilines is 1. The number of halogens is 1. The molecule has 0 aliphatic heterocycles. The SMILES string of the molecule is CCOC(=O)Cn1cc2cc(NC(=O)OC(C)(C)C)c(Br)cc2n1. The molecule has 130 valence electrons. The lowest BCUT2D eigenvalue weighted by Crippen LogP contribution is -2.27. The minimum atomic E-state index is -0.578. The van der Waals surface area contributed by atoms with E-state index in [2.05, 4.69) is 26.3 Å². The Kier molecular flexibility index (Phi) is 5.48. The Bertz CT molecular complexity index is 765. The highest BCUT2D eigenvalue weighted by molar-refractivity contribution is 9.10. The number of carbonyl (C=O) groups is 2. The van der Waals surface area contributed by atoms with E-state index in [0.29, 0.717) is 22.3 Å². The second kappa shape index (κ2) is 7.21. The van der Waals surface area contributed by atoms with Crippen LogP contribution in [0.2, 0.25) is 0 Å². The van der Waals surface area contributed by atoms with Crippen LogP contribution in [-0.4, -0.2) is 34.1 Å². The Hall–Kier alpha value is -2.09. The quantitative estimate of drug-likeness (QED) is 0.794. The molecular weight excluding hydrogens is 378 g/mol. The third-order valence-electron chi connectivity index (χ3n) is 2.87. The third-order valence-corrected chi connectivity index (χ3v) is 3.53. The molecule has 1 heterocycles. The lowest BCUT2D eigenvalue weighted by molar-refractivity contribution is -0.144. The first-order valence-corrected chi connectivity index (χ1v) is 8.29. The van der Waals surface area contributed by atoms with Crippen molar-refractivity contribution in [2.45, 2.75) is 39.8 Å². The van der Waals surface area contributed by atoms with Gasteiger partial charge in [0.25, 0.3) is 0 Å². The predicted molar refractivity (Wildman–Crippen MR) is 93.9 cm³/mol. The molecule has 0 saturated heterocycles. The standard InChI is InChI=1S/C16H20BrN3O4/c1-5-23-14(21)9-20-8-10-6-13(11(17)7-12(10)19-20)18-15(22)24-16(2,3)4/h6-8H,5,9H2,1-4H3,(H,18,22). The summed E-state index contributed by atoms with van der Waals surface area (Å²) in [7, 11) is 0. The Morgan fingerprint density at radius 2 is 2.04 bits per heavy atom. The van der Waals surface area contributed by atoms with Crippen LogP contribution in [0.15, 0.2) is 22.8 Å². The molecule has 0 fully saturated rings. The summed E-state index contributed by atoms with van der Waals surface area (Å²) < 4.78 is 12.3. The molecular formula is C16H20BrN3O4. The Morgan fingerprint density at radius 1 is 1.33 bits per heavy atom. The number of ether oxygens (including phenoxy) is 2. The van der Waals surface area contributed by atoms with E-state index in [-0.39, 0.29) is 12.5 Å². The van der Waals surface area contributed by atoms with Gasteiger partial charge in [0.2, 0.25) is 0 Å². The Balaban J connectivity index is 2.19. The van der Waals surface area contributed by atoms with Crippen molar-refractivity contribution in [3.63, 3.8) is 0 Å². The lowest BCUT2D eigenvalue weighted by Gasteiger charge is -2.20. The van der Waals surface area contributed by atoms with E-state index in [1.54, 1.807) is 46.0 Å². The molecule has 0 bridgehead atoms. The van der Waals surface area contributed by atoms with E-state index in [1.165, 1.54) is 4.68 Å². The highest BCUT2D eigenvalue weighted by Crippen LogP contribution is 2.28. The van der Waals surface area contributed by atoms with Crippen molar-refractivity contribution in [3.05, 3.63) is 22.8 Å². The molecule has 1 aromatic heterocycles. The smallest absolute Gasteiger partial charge is 0.412 e. The van der Waals surface area contributed by atoms with Gasteiger partial charge >= 0.3 is 12.1 Å². The summed E-state index contributed by atoms with van der Waals surface area (Å²) in [6.07, 6.45) is 1.18. The molecule has 0 unspecified atom stereocenters. The van der Waals surface area contributed by atoms with Gasteiger partial charge in [0, 0.05) is 16.1 Å². The van der Waals surface area contributed by atoms with Crippen LogP contribution in [0.4, 0.5) is 10.5 Å². The van der Waals surface area contributed by atoms with E-state index in [4.69, 9.17) is 9.47 Å². The fraction of sp³-hybridized carbons (Fsp3) is 0.438. The first kappa shape index (κ1) is 18.3. The van der Waals surface area contributed by atoms with Crippen molar-refractivity contribution in [1.82, 2.24) is 9.78 Å². The number of carbonyl (C=O) groups excluding carboxylic acids is 2. The summed E-state index contributed by atoms with van der Waals surface area (Å²) in [5.74, 6) is -0.350. The molecule has 24 heavy (non-hydrogen) atoms. The van der Waals surface area contributed by atoms with Gasteiger partial charge in [-0.25, -0.2) is 4.79 Å². The number of esters is 1. The Labute approximate surface area is 148 Å². The largest absolute Gasteiger partial charge is 0.465 e. The molecule has 0 spiro atoms. The van der Waals surface area contributed by atoms with Gasteiger partial charge in [0.15, 0.2) is 0 Å². The lowest BCUT2D eigenvalue weighted by atomic mass is 10.2. The number of benzene rings is 1. The average Bonchev–Trinajstić information content (AvgIpc) is 2.78. The zero-order chi connectivity index (χ0) is 17.9. The van der Waals surface area contributed by atoms with Crippen LogP contribution in [0.25, 0.3) is 10.9 Å². The molecule has 0 saturated carbocycles. The summed E-state index contributed by atoms with van der Waals surface area (Å²) in [6, 6.07) is 3.53. The van der Waals surface area contributed by atoms with Crippen molar-refractivity contribution >= 4 is 44.6 Å². The van der Waals surface area contributed by atoms with E-state index in [9.17, 15) is 9.59 Å². The van der Waals surface area contributed by atoms with E-state index >= 15 is 0 Å². The highest BCUT2D eigenvalue weighted by atomic mass is 79.9. The summed E-state index contributed by atoms with van der Waals surface area (Å²) in [5.41, 5.74) is 0.680. The maximum absolute atomic E-state index is 11.9. The normalized spacial score (nSPS) is 11.4. The monoisotopic (exact) mass is 397 g/mol. The van der Waals surface area contributed by atoms with Gasteiger partial charge in [-0.2, -0.15) is 5.10 Å². The molecule has 0 atom stereocenters. The number of aromatic nitrogens is 2. The van der Waals surface area contributed by atoms with Crippen molar-refractivity contribution < 1.29 is 19.1 Å². The van der Waals surface area contributed by atoms with Gasteiger partial charge < -0.3 is 9.47 Å². The first-order chi connectivity index (χ1) is 11.2. The van der Waals surface area contributed by atoms with E-state index < -0.39 is 11.7 Å². The zero-order valence-electron chi connectivity index (χ0n) is 14.1. The summed E-state index contributed by atoms with van der Waals surface area (Å²) >= 11 is 3.40. The minimum Gasteiger partial charge on any atom is -0.465 e. The third kappa shape index (κ3) is 4.95. The molecule has 8 heteroatoms. The van der Waals surface area contributed by atoms with Crippen LogP contribution in [-0.2, 0) is 20.8 Å². The van der Waals surface area contributed by atoms with Crippen molar-refractivity contribution in [2.75, 3.05) is 11.9 Å². The highest BCUT2D eigenvalue weighted by Gasteiger charge is 2.17. The van der Waals surface area contributed by atoms with Crippen LogP contribution in [0.3, 0.4) is 0 Å². The number of hydrogen-bond donors (Lipinski definition) is 1. The number of hydrogen-bond acceptors (Lipinski definition) is 5. The first-order valence-electron chi connectivity index (χ1n) is 7.50. The molecule has 1 N–H and O–H groups in total. The molecule has 0 aliphatic rings. The van der Waals surface area contributed by atoms with Crippen molar-refractivity contribution in [2.24, 2.45) is 0 Å². The van der Waals surface area contributed by atoms with Crippen LogP contribution < -0.4 is 5.32 Å². The van der Waals surface area contributed by atoms with Crippen molar-refractivity contribution in [1.29, 1.82) is 0 Å². The number of rotatable bonds is 4. The second-order valence-electron chi connectivity index (χ2n) is 6.15. The fourth-order valence-electron chi connectivity index (χ4n) is 2.03. The number of nitrogens with zero attached hydrogens (tertiary/aromatic N) is 2. The van der Waals surface area contributed by atoms with Gasteiger partial charge in [-0.05, 0) is 55.8 Å². The summed E-state index contributed by atoms with van der Waals surface area (Å²) in [6.45, 7) is 7.51. The topological polar surface area (TPSA) is 82.5 Å². The molecule has 2 aromatic rings. The van der Waals surface area contributed by atoms with Gasteiger partial charge in [-0.1, -0.05) is 0 Å². The van der Waals surface area contributed by atoms with Gasteiger partial charge in [0.05, 0.1) is 17.8 Å². The van der Waals surface area contributed by atoms with Crippen LogP contribution >= 0.6 is 15.9 Å². The van der Waals surface area contributed by atoms with Gasteiger partial charge in [-0.15, -0.1) is 0 Å². The average molecular weight is 398 g/mol. The van der Waals surface area contributed by atoms with Crippen molar-refractivity contribution in [3.8, 4) is 0 Å². The molecule has 1 amide bonds. The molecule has 1 aromatic carbocycles. The summed E-state index contributed by atoms with van der Waals surface area (Å²) in [4.78, 5) is 23.4. The zero-order valence-corrected chi connectivity index (χ0v) is 15.6. The second-order valence-corrected chi connectivity index (χ2v) is 7.00. The molecule has 0 radical (unpaired) electrons. The van der Waals surface area contributed by atoms with Gasteiger partial charge in [-0.3, -0.25) is 14.8 Å². The minimum absolute atomic E-state index is 0.0367. The van der Waals surface area contributed by atoms with Crippen LogP contribution in [0.1, 0.15) is 27.7 Å². The van der Waals surface area contributed by atoms with Gasteiger partial charge in [0.1, 0.15) is 12.1 Å². The summed E-state index contributed by atoms with van der Waals surface area (Å²) in [5, 5.41) is 7.80. The number of fused-ring (bicyclic) bond motifs is 1. The van der Waals surface area contributed by atoms with E-state index in [1.807, 2.05) is 0 Å². The van der Waals surface area contributed by atoms with Crippen LogP contribution in [0.5, 0.6) is 0 Å². The van der Waals surface area contributed by atoms with E-state index in [0.717, 1.165) is 5.39 Å².